The van der Waals surface area contributed by atoms with E-state index in [1.54, 1.807) is 0 Å². The molecule has 0 saturated heterocycles. The summed E-state index contributed by atoms with van der Waals surface area (Å²) in [5.41, 5.74) is -0.284. The summed E-state index contributed by atoms with van der Waals surface area (Å²) in [5, 5.41) is 0. The maximum absolute atomic E-state index is 10.9. The number of carbonyl (C=O) groups excluding carboxylic acids is 2. The summed E-state index contributed by atoms with van der Waals surface area (Å²) in [4.78, 5) is 21.7. The van der Waals surface area contributed by atoms with Crippen molar-refractivity contribution in [2.24, 2.45) is 5.41 Å². The first-order valence-corrected chi connectivity index (χ1v) is 5.09. The molecule has 1 aliphatic carbocycles. The van der Waals surface area contributed by atoms with E-state index in [0.717, 1.165) is 0 Å². The van der Waals surface area contributed by atoms with E-state index in [0.29, 0.717) is 17.9 Å². The summed E-state index contributed by atoms with van der Waals surface area (Å²) < 4.78 is 10.1. The number of carbonyl (C=O) groups is 2. The lowest BCUT2D eigenvalue weighted by molar-refractivity contribution is -0.137. The number of allylic oxidation sites excluding steroid dienone is 2. The van der Waals surface area contributed by atoms with Gasteiger partial charge in [0.05, 0.1) is 6.42 Å². The summed E-state index contributed by atoms with van der Waals surface area (Å²) in [7, 11) is 0. The minimum absolute atomic E-state index is 0.284. The van der Waals surface area contributed by atoms with E-state index >= 15 is 0 Å². The third kappa shape index (κ3) is 3.88. The van der Waals surface area contributed by atoms with E-state index in [1.807, 2.05) is 26.0 Å². The topological polar surface area (TPSA) is 52.6 Å². The zero-order chi connectivity index (χ0) is 12.3. The van der Waals surface area contributed by atoms with E-state index in [1.165, 1.54) is 13.8 Å². The molecule has 0 spiro atoms. The molecule has 4 nitrogen and oxygen atoms in total. The predicted octanol–water partition coefficient (Wildman–Crippen LogP) is 2.31. The van der Waals surface area contributed by atoms with Crippen LogP contribution in [0.25, 0.3) is 0 Å². The third-order valence-corrected chi connectivity index (χ3v) is 1.96. The Hall–Kier alpha value is -1.58. The zero-order valence-corrected chi connectivity index (χ0v) is 9.99. The van der Waals surface area contributed by atoms with Crippen LogP contribution >= 0.6 is 0 Å². The molecule has 0 heterocycles. The van der Waals surface area contributed by atoms with Gasteiger partial charge in [-0.3, -0.25) is 9.59 Å². The summed E-state index contributed by atoms with van der Waals surface area (Å²) in [6.45, 7) is 6.58. The van der Waals surface area contributed by atoms with Crippen LogP contribution in [0.2, 0.25) is 0 Å². The molecule has 0 bridgehead atoms. The van der Waals surface area contributed by atoms with Crippen molar-refractivity contribution in [3.05, 3.63) is 23.7 Å². The molecule has 1 aliphatic rings. The van der Waals surface area contributed by atoms with Gasteiger partial charge in [-0.15, -0.1) is 0 Å². The monoisotopic (exact) mass is 224 g/mol. The molecular weight excluding hydrogens is 208 g/mol. The first kappa shape index (κ1) is 12.5. The molecule has 1 rings (SSSR count). The van der Waals surface area contributed by atoms with Crippen molar-refractivity contribution in [1.29, 1.82) is 0 Å². The number of rotatable bonds is 2. The second-order valence-corrected chi connectivity index (χ2v) is 4.41. The van der Waals surface area contributed by atoms with E-state index in [-0.39, 0.29) is 17.4 Å². The predicted molar refractivity (Wildman–Crippen MR) is 58.1 cm³/mol. The normalized spacial score (nSPS) is 18.2. The van der Waals surface area contributed by atoms with Crippen LogP contribution in [0, 0.1) is 5.41 Å². The lowest BCUT2D eigenvalue weighted by atomic mass is 9.87. The molecule has 0 aromatic rings. The lowest BCUT2D eigenvalue weighted by Gasteiger charge is -2.24. The van der Waals surface area contributed by atoms with E-state index in [2.05, 4.69) is 0 Å². The molecule has 0 aliphatic heterocycles. The highest BCUT2D eigenvalue weighted by Crippen LogP contribution is 2.32. The fourth-order valence-electron chi connectivity index (χ4n) is 1.65. The molecule has 0 fully saturated rings. The maximum atomic E-state index is 10.9. The smallest absolute Gasteiger partial charge is 0.307 e. The van der Waals surface area contributed by atoms with Crippen LogP contribution < -0.4 is 0 Å². The largest absolute Gasteiger partial charge is 0.431 e. The minimum atomic E-state index is -0.369. The Labute approximate surface area is 94.9 Å². The first-order valence-electron chi connectivity index (χ1n) is 5.09. The lowest BCUT2D eigenvalue weighted by Crippen LogP contribution is -2.16. The molecule has 0 radical (unpaired) electrons. The van der Waals surface area contributed by atoms with Gasteiger partial charge < -0.3 is 9.47 Å². The fraction of sp³-hybridized carbons (Fsp3) is 0.500. The van der Waals surface area contributed by atoms with Gasteiger partial charge in [0.2, 0.25) is 0 Å². The summed E-state index contributed by atoms with van der Waals surface area (Å²) in [6, 6.07) is 0. The van der Waals surface area contributed by atoms with Gasteiger partial charge in [0.1, 0.15) is 11.5 Å². The van der Waals surface area contributed by atoms with Crippen molar-refractivity contribution in [2.45, 2.75) is 34.1 Å². The van der Waals surface area contributed by atoms with Crippen molar-refractivity contribution in [2.75, 3.05) is 0 Å². The van der Waals surface area contributed by atoms with Crippen LogP contribution in [0.5, 0.6) is 0 Å². The van der Waals surface area contributed by atoms with Gasteiger partial charge in [-0.2, -0.15) is 0 Å². The van der Waals surface area contributed by atoms with E-state index < -0.39 is 0 Å². The van der Waals surface area contributed by atoms with Gasteiger partial charge >= 0.3 is 11.9 Å². The van der Waals surface area contributed by atoms with Crippen LogP contribution in [0.1, 0.15) is 34.1 Å². The van der Waals surface area contributed by atoms with Crippen LogP contribution in [0.3, 0.4) is 0 Å². The van der Waals surface area contributed by atoms with Crippen LogP contribution in [0.15, 0.2) is 23.7 Å². The Balaban J connectivity index is 2.82. The van der Waals surface area contributed by atoms with Gasteiger partial charge in [0.15, 0.2) is 0 Å². The van der Waals surface area contributed by atoms with Gasteiger partial charge in [0.25, 0.3) is 0 Å². The molecule has 88 valence electrons. The Morgan fingerprint density at radius 2 is 1.44 bits per heavy atom. The van der Waals surface area contributed by atoms with Crippen molar-refractivity contribution >= 4 is 11.9 Å². The summed E-state index contributed by atoms with van der Waals surface area (Å²) in [5.74, 6) is 0.310. The average Bonchev–Trinajstić information content (AvgIpc) is 1.95. The minimum Gasteiger partial charge on any atom is -0.431 e. The van der Waals surface area contributed by atoms with Crippen molar-refractivity contribution in [3.63, 3.8) is 0 Å². The molecule has 16 heavy (non-hydrogen) atoms. The summed E-state index contributed by atoms with van der Waals surface area (Å²) >= 11 is 0. The average molecular weight is 224 g/mol. The molecule has 0 atom stereocenters. The highest BCUT2D eigenvalue weighted by molar-refractivity contribution is 5.68. The SMILES string of the molecule is CC(=O)OC1=CC(C)(C)C=C(OC(C)=O)C1. The Morgan fingerprint density at radius 3 is 1.75 bits per heavy atom. The van der Waals surface area contributed by atoms with Gasteiger partial charge in [-0.05, 0) is 12.2 Å². The van der Waals surface area contributed by atoms with Crippen LogP contribution in [-0.4, -0.2) is 11.9 Å². The standard InChI is InChI=1S/C12H16O4/c1-8(13)15-10-5-11(16-9(2)14)7-12(3,4)6-10/h6-7H,5H2,1-4H3. The molecule has 0 N–H and O–H groups in total. The van der Waals surface area contributed by atoms with Crippen LogP contribution in [0.4, 0.5) is 0 Å². The van der Waals surface area contributed by atoms with Crippen molar-refractivity contribution in [1.82, 2.24) is 0 Å². The molecule has 4 heteroatoms. The van der Waals surface area contributed by atoms with Crippen molar-refractivity contribution in [3.8, 4) is 0 Å². The Morgan fingerprint density at radius 1 is 1.06 bits per heavy atom. The highest BCUT2D eigenvalue weighted by atomic mass is 16.5. The van der Waals surface area contributed by atoms with Gasteiger partial charge in [0, 0.05) is 19.3 Å². The van der Waals surface area contributed by atoms with Crippen molar-refractivity contribution < 1.29 is 19.1 Å². The van der Waals surface area contributed by atoms with Gasteiger partial charge in [-0.1, -0.05) is 13.8 Å². The zero-order valence-electron chi connectivity index (χ0n) is 9.99. The second kappa shape index (κ2) is 4.51. The summed E-state index contributed by atoms with van der Waals surface area (Å²) in [6.07, 6.45) is 4.03. The molecule has 0 aromatic heterocycles. The third-order valence-electron chi connectivity index (χ3n) is 1.96. The fourth-order valence-corrected chi connectivity index (χ4v) is 1.65. The number of hydrogen-bond acceptors (Lipinski definition) is 4. The molecule has 0 saturated carbocycles. The highest BCUT2D eigenvalue weighted by Gasteiger charge is 2.23. The maximum Gasteiger partial charge on any atom is 0.307 e. The molecular formula is C12H16O4. The Bertz CT molecular complexity index is 340. The van der Waals surface area contributed by atoms with E-state index in [9.17, 15) is 9.59 Å². The molecule has 0 unspecified atom stereocenters. The number of ether oxygens (including phenoxy) is 2. The van der Waals surface area contributed by atoms with Gasteiger partial charge in [-0.25, -0.2) is 0 Å². The van der Waals surface area contributed by atoms with E-state index in [4.69, 9.17) is 9.47 Å². The molecule has 0 amide bonds. The number of hydrogen-bond donors (Lipinski definition) is 0. The first-order chi connectivity index (χ1) is 7.28. The number of esters is 2. The molecule has 0 aromatic carbocycles. The van der Waals surface area contributed by atoms with Crippen LogP contribution in [-0.2, 0) is 19.1 Å². The quantitative estimate of drug-likeness (QED) is 0.675. The second-order valence-electron chi connectivity index (χ2n) is 4.41. The Kier molecular flexibility index (Phi) is 3.52.